The topological polar surface area (TPSA) is 134 Å². The number of nitrogens with zero attached hydrogens (tertiary/aromatic N) is 5. The van der Waals surface area contributed by atoms with Crippen LogP contribution in [0.15, 0.2) is 48.5 Å². The van der Waals surface area contributed by atoms with Gasteiger partial charge in [0, 0.05) is 25.5 Å². The van der Waals surface area contributed by atoms with Crippen molar-refractivity contribution in [3.05, 3.63) is 70.8 Å². The molecule has 0 unspecified atom stereocenters. The lowest BCUT2D eigenvalue weighted by Crippen LogP contribution is -2.24. The van der Waals surface area contributed by atoms with Crippen LogP contribution in [0.3, 0.4) is 0 Å². The number of imidazole rings is 1. The van der Waals surface area contributed by atoms with Gasteiger partial charge in [0.05, 0.1) is 6.61 Å². The van der Waals surface area contributed by atoms with E-state index in [1.807, 2.05) is 48.5 Å². The van der Waals surface area contributed by atoms with E-state index in [0.29, 0.717) is 24.6 Å². The summed E-state index contributed by atoms with van der Waals surface area (Å²) in [5.74, 6) is 0.421. The van der Waals surface area contributed by atoms with Crippen LogP contribution in [0.25, 0.3) is 22.5 Å². The van der Waals surface area contributed by atoms with Crippen molar-refractivity contribution in [3.8, 4) is 22.5 Å². The summed E-state index contributed by atoms with van der Waals surface area (Å²) in [6, 6.07) is 15.7. The molecule has 0 bridgehead atoms. The highest BCUT2D eigenvalue weighted by molar-refractivity contribution is 6.32. The molecule has 0 saturated carbocycles. The first-order chi connectivity index (χ1) is 18.9. The summed E-state index contributed by atoms with van der Waals surface area (Å²) in [6.07, 6.45) is 0.351. The SMILES string of the molecule is CCCCc1nc(Cl)c(C(=O)O[C@H](C)OC(=O)OCC)n1Cc1ccc(-c2ccccc2-c2nn[nH]n2)cc1. The molecule has 1 atom stereocenters. The van der Waals surface area contributed by atoms with Gasteiger partial charge in [-0.15, -0.1) is 10.2 Å². The Bertz CT molecular complexity index is 1400. The van der Waals surface area contributed by atoms with Crippen molar-refractivity contribution >= 4 is 23.7 Å². The number of benzene rings is 2. The zero-order valence-electron chi connectivity index (χ0n) is 21.9. The van der Waals surface area contributed by atoms with Crippen LogP contribution in [-0.4, -0.2) is 55.2 Å². The van der Waals surface area contributed by atoms with Gasteiger partial charge in [-0.2, -0.15) is 5.21 Å². The molecule has 39 heavy (non-hydrogen) atoms. The number of nitrogens with one attached hydrogen (secondary N) is 1. The fourth-order valence-electron chi connectivity index (χ4n) is 4.05. The summed E-state index contributed by atoms with van der Waals surface area (Å²) in [7, 11) is 0. The average molecular weight is 553 g/mol. The number of ether oxygens (including phenoxy) is 3. The number of aromatic amines is 1. The van der Waals surface area contributed by atoms with E-state index in [1.165, 1.54) is 6.92 Å². The van der Waals surface area contributed by atoms with Crippen LogP contribution in [0.4, 0.5) is 4.79 Å². The minimum Gasteiger partial charge on any atom is -0.435 e. The molecule has 4 rings (SSSR count). The van der Waals surface area contributed by atoms with E-state index in [1.54, 1.807) is 11.5 Å². The Morgan fingerprint density at radius 1 is 1.05 bits per heavy atom. The predicted octanol–water partition coefficient (Wildman–Crippen LogP) is 5.45. The summed E-state index contributed by atoms with van der Waals surface area (Å²) in [4.78, 5) is 29.1. The Balaban J connectivity index is 1.59. The van der Waals surface area contributed by atoms with Gasteiger partial charge in [0.1, 0.15) is 5.82 Å². The maximum Gasteiger partial charge on any atom is 0.511 e. The van der Waals surface area contributed by atoms with Gasteiger partial charge in [0.2, 0.25) is 12.1 Å². The molecule has 204 valence electrons. The van der Waals surface area contributed by atoms with Crippen LogP contribution in [0.5, 0.6) is 0 Å². The number of hydrogen-bond donors (Lipinski definition) is 1. The third kappa shape index (κ3) is 6.80. The molecule has 0 aliphatic carbocycles. The van der Waals surface area contributed by atoms with E-state index >= 15 is 0 Å². The summed E-state index contributed by atoms with van der Waals surface area (Å²) in [6.45, 7) is 5.62. The summed E-state index contributed by atoms with van der Waals surface area (Å²) in [5.41, 5.74) is 3.80. The van der Waals surface area contributed by atoms with E-state index in [4.69, 9.17) is 25.8 Å². The molecule has 0 amide bonds. The molecule has 2 heterocycles. The number of hydrogen-bond acceptors (Lipinski definition) is 9. The Morgan fingerprint density at radius 3 is 2.46 bits per heavy atom. The van der Waals surface area contributed by atoms with Crippen molar-refractivity contribution in [1.29, 1.82) is 0 Å². The van der Waals surface area contributed by atoms with Crippen LogP contribution < -0.4 is 0 Å². The molecule has 2 aromatic heterocycles. The standard InChI is InChI=1S/C27H29ClN6O5/c1-4-6-11-22-29-24(28)23(26(35)38-17(3)39-27(36)37-5-2)34(22)16-18-12-14-19(15-13-18)20-9-7-8-10-21(20)25-30-32-33-31-25/h7-10,12-15,17H,4-6,11,16H2,1-3H3,(H,30,31,32,33)/t17-/m0/s1. The highest BCUT2D eigenvalue weighted by Gasteiger charge is 2.26. The third-order valence-electron chi connectivity index (χ3n) is 5.87. The normalized spacial score (nSPS) is 11.7. The quantitative estimate of drug-likeness (QED) is 0.190. The average Bonchev–Trinajstić information content (AvgIpc) is 3.56. The fourth-order valence-corrected chi connectivity index (χ4v) is 4.33. The second-order valence-electron chi connectivity index (χ2n) is 8.61. The monoisotopic (exact) mass is 552 g/mol. The Kier molecular flexibility index (Phi) is 9.27. The fraction of sp³-hybridized carbons (Fsp3) is 0.333. The van der Waals surface area contributed by atoms with Crippen molar-refractivity contribution in [2.75, 3.05) is 6.61 Å². The molecule has 0 spiro atoms. The first-order valence-electron chi connectivity index (χ1n) is 12.6. The lowest BCUT2D eigenvalue weighted by atomic mass is 9.98. The van der Waals surface area contributed by atoms with Crippen molar-refractivity contribution in [2.24, 2.45) is 0 Å². The number of carbonyl (C=O) groups is 2. The first-order valence-corrected chi connectivity index (χ1v) is 13.0. The van der Waals surface area contributed by atoms with Crippen molar-refractivity contribution < 1.29 is 23.8 Å². The number of esters is 1. The molecule has 0 aliphatic heterocycles. The van der Waals surface area contributed by atoms with Crippen LogP contribution in [0.1, 0.15) is 55.5 Å². The molecule has 0 aliphatic rings. The zero-order valence-corrected chi connectivity index (χ0v) is 22.6. The molecule has 2 aromatic carbocycles. The first kappa shape index (κ1) is 27.8. The van der Waals surface area contributed by atoms with Crippen LogP contribution >= 0.6 is 11.6 Å². The van der Waals surface area contributed by atoms with Crippen LogP contribution in [0, 0.1) is 0 Å². The van der Waals surface area contributed by atoms with E-state index in [2.05, 4.69) is 32.5 Å². The van der Waals surface area contributed by atoms with E-state index in [9.17, 15) is 9.59 Å². The Hall–Kier alpha value is -4.25. The number of carbonyl (C=O) groups excluding carboxylic acids is 2. The minimum atomic E-state index is -1.17. The van der Waals surface area contributed by atoms with Crippen molar-refractivity contribution in [2.45, 2.75) is 52.9 Å². The van der Waals surface area contributed by atoms with Gasteiger partial charge in [0.25, 0.3) is 0 Å². The molecular formula is C27H29ClN6O5. The smallest absolute Gasteiger partial charge is 0.435 e. The van der Waals surface area contributed by atoms with E-state index in [-0.39, 0.29) is 17.5 Å². The van der Waals surface area contributed by atoms with Gasteiger partial charge in [-0.1, -0.05) is 73.5 Å². The molecule has 4 aromatic rings. The third-order valence-corrected chi connectivity index (χ3v) is 6.13. The predicted molar refractivity (Wildman–Crippen MR) is 143 cm³/mol. The van der Waals surface area contributed by atoms with E-state index in [0.717, 1.165) is 35.1 Å². The number of rotatable bonds is 11. The molecule has 12 heteroatoms. The maximum atomic E-state index is 13.1. The van der Waals surface area contributed by atoms with E-state index < -0.39 is 18.4 Å². The van der Waals surface area contributed by atoms with Gasteiger partial charge in [0.15, 0.2) is 10.8 Å². The summed E-state index contributed by atoms with van der Waals surface area (Å²) >= 11 is 6.42. The lowest BCUT2D eigenvalue weighted by Gasteiger charge is -2.16. The largest absolute Gasteiger partial charge is 0.511 e. The highest BCUT2D eigenvalue weighted by Crippen LogP contribution is 2.30. The van der Waals surface area contributed by atoms with Gasteiger partial charge in [-0.05, 0) is 35.2 Å². The van der Waals surface area contributed by atoms with Gasteiger partial charge >= 0.3 is 12.1 Å². The maximum absolute atomic E-state index is 13.1. The van der Waals surface area contributed by atoms with Gasteiger partial charge < -0.3 is 18.8 Å². The molecule has 0 saturated heterocycles. The Morgan fingerprint density at radius 2 is 1.79 bits per heavy atom. The second-order valence-corrected chi connectivity index (χ2v) is 8.97. The molecule has 11 nitrogen and oxygen atoms in total. The number of tetrazole rings is 1. The number of halogens is 1. The van der Waals surface area contributed by atoms with Crippen LogP contribution in [-0.2, 0) is 27.2 Å². The van der Waals surface area contributed by atoms with Gasteiger partial charge in [-0.3, -0.25) is 0 Å². The number of unbranched alkanes of at least 4 members (excludes halogenated alkanes) is 1. The molecule has 1 N–H and O–H groups in total. The van der Waals surface area contributed by atoms with Gasteiger partial charge in [-0.25, -0.2) is 14.6 Å². The van der Waals surface area contributed by atoms with Crippen LogP contribution in [0.2, 0.25) is 5.15 Å². The lowest BCUT2D eigenvalue weighted by molar-refractivity contribution is -0.0815. The van der Waals surface area contributed by atoms with Crippen molar-refractivity contribution in [3.63, 3.8) is 0 Å². The number of aromatic nitrogens is 6. The second kappa shape index (κ2) is 13.0. The molecule has 0 radical (unpaired) electrons. The molecular weight excluding hydrogens is 524 g/mol. The molecule has 0 fully saturated rings. The summed E-state index contributed by atoms with van der Waals surface area (Å²) < 4.78 is 16.8. The minimum absolute atomic E-state index is 0.0279. The number of aryl methyl sites for hydroxylation is 1. The number of H-pyrrole nitrogens is 1. The Labute approximate surface area is 230 Å². The van der Waals surface area contributed by atoms with Crippen molar-refractivity contribution in [1.82, 2.24) is 30.2 Å². The summed E-state index contributed by atoms with van der Waals surface area (Å²) in [5, 5.41) is 14.4. The zero-order chi connectivity index (χ0) is 27.8. The highest BCUT2D eigenvalue weighted by atomic mass is 35.5.